The Labute approximate surface area is 85.1 Å². The Morgan fingerprint density at radius 2 is 2.21 bits per heavy atom. The van der Waals surface area contributed by atoms with Gasteiger partial charge in [-0.25, -0.2) is 0 Å². The van der Waals surface area contributed by atoms with Crippen LogP contribution in [0.4, 0.5) is 0 Å². The predicted octanol–water partition coefficient (Wildman–Crippen LogP) is 0.358. The van der Waals surface area contributed by atoms with Crippen molar-refractivity contribution in [3.05, 3.63) is 0 Å². The molecule has 0 heterocycles. The van der Waals surface area contributed by atoms with Crippen molar-refractivity contribution in [2.75, 3.05) is 13.2 Å². The third kappa shape index (κ3) is 5.57. The maximum Gasteiger partial charge on any atom is 0.134 e. The highest BCUT2D eigenvalue weighted by Gasteiger charge is 2.03. The molecule has 4 nitrogen and oxygen atoms in total. The molecule has 0 bridgehead atoms. The Morgan fingerprint density at radius 3 is 2.64 bits per heavy atom. The molecule has 0 aliphatic carbocycles. The number of oxime groups is 1. The summed E-state index contributed by atoms with van der Waals surface area (Å²) in [7, 11) is 0. The highest BCUT2D eigenvalue weighted by Crippen LogP contribution is 1.97. The van der Waals surface area contributed by atoms with Gasteiger partial charge in [-0.15, -0.1) is 0 Å². The molecule has 0 radical (unpaired) electrons. The Bertz CT molecular complexity index is 238. The largest absolute Gasteiger partial charge is 0.395 e. The van der Waals surface area contributed by atoms with E-state index in [0.717, 1.165) is 0 Å². The highest BCUT2D eigenvalue weighted by molar-refractivity contribution is 6.01. The molecule has 80 valence electrons. The molecule has 0 rings (SSSR count). The molecule has 1 atom stereocenters. The van der Waals surface area contributed by atoms with Crippen LogP contribution in [0.3, 0.4) is 0 Å². The lowest BCUT2D eigenvalue weighted by molar-refractivity contribution is 0.107. The lowest BCUT2D eigenvalue weighted by atomic mass is 10.1. The van der Waals surface area contributed by atoms with Crippen molar-refractivity contribution in [3.8, 4) is 11.8 Å². The van der Waals surface area contributed by atoms with Crippen LogP contribution in [0.5, 0.6) is 0 Å². The number of aliphatic hydroxyl groups excluding tert-OH is 1. The average Bonchev–Trinajstić information content (AvgIpc) is 2.16. The molecule has 0 unspecified atom stereocenters. The topological polar surface area (TPSA) is 67.8 Å². The second-order valence-corrected chi connectivity index (χ2v) is 3.24. The van der Waals surface area contributed by atoms with Crippen LogP contribution in [0.25, 0.3) is 0 Å². The Kier molecular flexibility index (Phi) is 6.81. The second-order valence-electron chi connectivity index (χ2n) is 3.24. The van der Waals surface area contributed by atoms with Crippen LogP contribution in [0.2, 0.25) is 0 Å². The fourth-order valence-corrected chi connectivity index (χ4v) is 0.656. The predicted molar refractivity (Wildman–Crippen MR) is 56.7 cm³/mol. The summed E-state index contributed by atoms with van der Waals surface area (Å²) < 4.78 is 0. The molecule has 0 fully saturated rings. The van der Waals surface area contributed by atoms with Gasteiger partial charge >= 0.3 is 0 Å². The summed E-state index contributed by atoms with van der Waals surface area (Å²) in [6.45, 7) is 5.82. The number of nitrogens with zero attached hydrogens (tertiary/aromatic N) is 1. The molecular formula is C10H18N2O2. The van der Waals surface area contributed by atoms with E-state index in [-0.39, 0.29) is 25.2 Å². The van der Waals surface area contributed by atoms with Gasteiger partial charge < -0.3 is 15.7 Å². The summed E-state index contributed by atoms with van der Waals surface area (Å²) in [5, 5.41) is 12.5. The van der Waals surface area contributed by atoms with Crippen LogP contribution < -0.4 is 5.73 Å². The quantitative estimate of drug-likeness (QED) is 0.381. The smallest absolute Gasteiger partial charge is 0.134 e. The minimum atomic E-state index is -0.387. The first-order valence-electron chi connectivity index (χ1n) is 4.60. The van der Waals surface area contributed by atoms with Crippen molar-refractivity contribution in [1.82, 2.24) is 0 Å². The molecule has 0 saturated heterocycles. The van der Waals surface area contributed by atoms with Crippen LogP contribution in [0, 0.1) is 17.8 Å². The molecule has 0 aromatic carbocycles. The Hall–Kier alpha value is -1.05. The van der Waals surface area contributed by atoms with E-state index in [1.54, 1.807) is 6.92 Å². The van der Waals surface area contributed by atoms with Crippen molar-refractivity contribution in [2.24, 2.45) is 16.8 Å². The molecular weight excluding hydrogens is 180 g/mol. The molecule has 0 aromatic heterocycles. The summed E-state index contributed by atoms with van der Waals surface area (Å²) in [6, 6.07) is -0.387. The molecule has 0 spiro atoms. The monoisotopic (exact) mass is 198 g/mol. The Morgan fingerprint density at radius 1 is 1.57 bits per heavy atom. The van der Waals surface area contributed by atoms with E-state index >= 15 is 0 Å². The van der Waals surface area contributed by atoms with E-state index < -0.39 is 0 Å². The summed E-state index contributed by atoms with van der Waals surface area (Å²) in [5.74, 6) is 5.83. The van der Waals surface area contributed by atoms with Crippen molar-refractivity contribution >= 4 is 5.71 Å². The normalized spacial score (nSPS) is 13.4. The van der Waals surface area contributed by atoms with Gasteiger partial charge in [0.05, 0.1) is 12.6 Å². The maximum absolute atomic E-state index is 8.63. The number of hydrogen-bond donors (Lipinski definition) is 2. The third-order valence-corrected chi connectivity index (χ3v) is 1.49. The number of rotatable bonds is 5. The van der Waals surface area contributed by atoms with E-state index in [1.165, 1.54) is 0 Å². The summed E-state index contributed by atoms with van der Waals surface area (Å²) in [5.41, 5.74) is 6.12. The second kappa shape index (κ2) is 7.36. The zero-order valence-electron chi connectivity index (χ0n) is 8.95. The van der Waals surface area contributed by atoms with Gasteiger partial charge in [0.25, 0.3) is 0 Å². The van der Waals surface area contributed by atoms with Gasteiger partial charge in [0.15, 0.2) is 0 Å². The van der Waals surface area contributed by atoms with Crippen LogP contribution in [-0.4, -0.2) is 30.1 Å². The van der Waals surface area contributed by atoms with E-state index in [0.29, 0.717) is 5.71 Å². The fourth-order valence-electron chi connectivity index (χ4n) is 0.656. The van der Waals surface area contributed by atoms with Gasteiger partial charge in [0.2, 0.25) is 0 Å². The highest BCUT2D eigenvalue weighted by atomic mass is 16.6. The molecule has 0 aliphatic rings. The van der Waals surface area contributed by atoms with Crippen LogP contribution >= 0.6 is 0 Å². The average molecular weight is 198 g/mol. The van der Waals surface area contributed by atoms with Gasteiger partial charge in [0, 0.05) is 5.92 Å². The minimum absolute atomic E-state index is 0.105. The van der Waals surface area contributed by atoms with Crippen LogP contribution in [0.15, 0.2) is 5.16 Å². The zero-order chi connectivity index (χ0) is 11.0. The lowest BCUT2D eigenvalue weighted by Crippen LogP contribution is -2.29. The lowest BCUT2D eigenvalue weighted by Gasteiger charge is -2.07. The van der Waals surface area contributed by atoms with Crippen molar-refractivity contribution in [3.63, 3.8) is 0 Å². The Balaban J connectivity index is 4.08. The van der Waals surface area contributed by atoms with Gasteiger partial charge in [-0.3, -0.25) is 0 Å². The third-order valence-electron chi connectivity index (χ3n) is 1.49. The summed E-state index contributed by atoms with van der Waals surface area (Å²) >= 11 is 0. The summed E-state index contributed by atoms with van der Waals surface area (Å²) in [6.07, 6.45) is 0. The molecule has 14 heavy (non-hydrogen) atoms. The molecule has 4 heteroatoms. The first-order chi connectivity index (χ1) is 6.61. The van der Waals surface area contributed by atoms with E-state index in [2.05, 4.69) is 17.0 Å². The number of nitrogens with two attached hydrogens (primary N) is 1. The summed E-state index contributed by atoms with van der Waals surface area (Å²) in [4.78, 5) is 4.96. The van der Waals surface area contributed by atoms with Gasteiger partial charge in [0.1, 0.15) is 12.3 Å². The molecule has 3 N–H and O–H groups in total. The van der Waals surface area contributed by atoms with Crippen molar-refractivity contribution in [1.29, 1.82) is 0 Å². The maximum atomic E-state index is 8.63. The van der Waals surface area contributed by atoms with Crippen molar-refractivity contribution < 1.29 is 9.94 Å². The minimum Gasteiger partial charge on any atom is -0.395 e. The molecule has 0 saturated carbocycles. The number of aliphatic hydroxyl groups is 1. The number of hydrogen-bond acceptors (Lipinski definition) is 4. The van der Waals surface area contributed by atoms with E-state index in [1.807, 2.05) is 13.8 Å². The van der Waals surface area contributed by atoms with Crippen LogP contribution in [0.1, 0.15) is 20.8 Å². The molecule has 0 aromatic rings. The van der Waals surface area contributed by atoms with Crippen molar-refractivity contribution in [2.45, 2.75) is 26.8 Å². The standard InChI is InChI=1S/C10H18N2O2/c1-4-5-10(8(2)3)12-14-7-9(11)6-13/h8-9,13H,6-7,11H2,1-3H3/b12-10+/t9-/m0/s1. The first-order valence-corrected chi connectivity index (χ1v) is 4.60. The van der Waals surface area contributed by atoms with E-state index in [9.17, 15) is 0 Å². The van der Waals surface area contributed by atoms with Gasteiger partial charge in [-0.1, -0.05) is 24.9 Å². The zero-order valence-corrected chi connectivity index (χ0v) is 8.95. The first kappa shape index (κ1) is 12.9. The molecule has 0 amide bonds. The van der Waals surface area contributed by atoms with Crippen LogP contribution in [-0.2, 0) is 4.84 Å². The van der Waals surface area contributed by atoms with E-state index in [4.69, 9.17) is 15.7 Å². The fraction of sp³-hybridized carbons (Fsp3) is 0.700. The van der Waals surface area contributed by atoms with Gasteiger partial charge in [-0.05, 0) is 12.8 Å². The van der Waals surface area contributed by atoms with Gasteiger partial charge in [-0.2, -0.15) is 0 Å². The molecule has 0 aliphatic heterocycles. The SMILES string of the molecule is CC#C/C(=N\OC[C@@H](N)CO)C(C)C.